The van der Waals surface area contributed by atoms with Crippen molar-refractivity contribution in [3.8, 4) is 5.75 Å². The number of piperidine rings is 1. The van der Waals surface area contributed by atoms with Crippen molar-refractivity contribution in [1.82, 2.24) is 4.90 Å². The smallest absolute Gasteiger partial charge is 0.115 e. The molecule has 3 aliphatic rings. The van der Waals surface area contributed by atoms with Crippen molar-refractivity contribution < 1.29 is 5.11 Å². The van der Waals surface area contributed by atoms with Crippen LogP contribution in [0.15, 0.2) is 18.2 Å². The minimum Gasteiger partial charge on any atom is -0.508 e. The molecule has 2 fully saturated rings. The number of rotatable bonds is 0. The minimum atomic E-state index is 0.280. The summed E-state index contributed by atoms with van der Waals surface area (Å²) < 4.78 is 0. The van der Waals surface area contributed by atoms with Gasteiger partial charge < -0.3 is 10.0 Å². The Morgan fingerprint density at radius 1 is 1.37 bits per heavy atom. The molecule has 2 aliphatic carbocycles. The van der Waals surface area contributed by atoms with Crippen molar-refractivity contribution in [2.75, 3.05) is 13.6 Å². The largest absolute Gasteiger partial charge is 0.508 e. The van der Waals surface area contributed by atoms with E-state index in [2.05, 4.69) is 24.9 Å². The van der Waals surface area contributed by atoms with Crippen molar-refractivity contribution in [3.63, 3.8) is 0 Å². The molecule has 19 heavy (non-hydrogen) atoms. The van der Waals surface area contributed by atoms with E-state index in [1.54, 1.807) is 0 Å². The molecule has 1 saturated carbocycles. The number of fused-ring (bicyclic) bond motifs is 3. The van der Waals surface area contributed by atoms with E-state index in [4.69, 9.17) is 0 Å². The summed E-state index contributed by atoms with van der Waals surface area (Å²) in [4.78, 5) is 2.60. The summed E-state index contributed by atoms with van der Waals surface area (Å²) in [5, 5.41) is 9.87. The van der Waals surface area contributed by atoms with E-state index in [0.29, 0.717) is 11.8 Å². The number of hydrogen-bond acceptors (Lipinski definition) is 2. The molecule has 4 atom stereocenters. The summed E-state index contributed by atoms with van der Waals surface area (Å²) in [6, 6.07) is 6.76. The van der Waals surface area contributed by atoms with Gasteiger partial charge in [0.15, 0.2) is 0 Å². The minimum absolute atomic E-state index is 0.280. The Morgan fingerprint density at radius 3 is 3.05 bits per heavy atom. The van der Waals surface area contributed by atoms with Gasteiger partial charge in [0.25, 0.3) is 0 Å². The first-order chi connectivity index (χ1) is 9.08. The highest BCUT2D eigenvalue weighted by molar-refractivity contribution is 5.44. The Bertz CT molecular complexity index is 526. The summed E-state index contributed by atoms with van der Waals surface area (Å²) >= 11 is 0. The molecule has 1 aromatic carbocycles. The van der Waals surface area contributed by atoms with Crippen molar-refractivity contribution >= 4 is 0 Å². The normalized spacial score (nSPS) is 40.8. The van der Waals surface area contributed by atoms with Gasteiger partial charge in [-0.1, -0.05) is 13.0 Å². The number of phenols is 1. The summed E-state index contributed by atoms with van der Waals surface area (Å²) in [7, 11) is 2.31. The fraction of sp³-hybridized carbons (Fsp3) is 0.647. The molecular formula is C17H23NO. The zero-order chi connectivity index (χ0) is 13.2. The number of aromatic hydroxyl groups is 1. The SMILES string of the molecule is CN1CC2CC[C@@]3(C)c4cc(O)ccc4CC1C3C2. The molecule has 1 saturated heterocycles. The number of likely N-dealkylation sites (N-methyl/N-ethyl adjacent to an activating group) is 1. The van der Waals surface area contributed by atoms with Crippen LogP contribution in [0.2, 0.25) is 0 Å². The molecule has 1 aromatic rings. The van der Waals surface area contributed by atoms with Crippen LogP contribution in [0.5, 0.6) is 5.75 Å². The molecule has 3 unspecified atom stereocenters. The van der Waals surface area contributed by atoms with Gasteiger partial charge in [0, 0.05) is 12.6 Å². The number of hydrogen-bond donors (Lipinski definition) is 1. The van der Waals surface area contributed by atoms with E-state index in [1.165, 1.54) is 43.4 Å². The monoisotopic (exact) mass is 257 g/mol. The summed E-state index contributed by atoms with van der Waals surface area (Å²) in [5.41, 5.74) is 3.18. The van der Waals surface area contributed by atoms with Gasteiger partial charge in [0.05, 0.1) is 0 Å². The quantitative estimate of drug-likeness (QED) is 0.772. The number of likely N-dealkylation sites (tertiary alicyclic amines) is 1. The third-order valence-corrected chi connectivity index (χ3v) is 6.19. The van der Waals surface area contributed by atoms with Crippen molar-refractivity contribution in [3.05, 3.63) is 29.3 Å². The molecular weight excluding hydrogens is 234 g/mol. The van der Waals surface area contributed by atoms with Gasteiger partial charge in [-0.3, -0.25) is 0 Å². The van der Waals surface area contributed by atoms with E-state index < -0.39 is 0 Å². The zero-order valence-corrected chi connectivity index (χ0v) is 11.9. The highest BCUT2D eigenvalue weighted by atomic mass is 16.3. The highest BCUT2D eigenvalue weighted by Gasteiger charge is 2.52. The Balaban J connectivity index is 1.88. The second kappa shape index (κ2) is 3.76. The third-order valence-electron chi connectivity index (χ3n) is 6.19. The first kappa shape index (κ1) is 11.8. The lowest BCUT2D eigenvalue weighted by Gasteiger charge is -2.58. The fourth-order valence-corrected chi connectivity index (χ4v) is 5.16. The Kier molecular flexibility index (Phi) is 2.33. The highest BCUT2D eigenvalue weighted by Crippen LogP contribution is 2.54. The Morgan fingerprint density at radius 2 is 2.21 bits per heavy atom. The van der Waals surface area contributed by atoms with Crippen LogP contribution in [0.4, 0.5) is 0 Å². The van der Waals surface area contributed by atoms with Crippen LogP contribution >= 0.6 is 0 Å². The Hall–Kier alpha value is -1.02. The van der Waals surface area contributed by atoms with Gasteiger partial charge in [-0.25, -0.2) is 0 Å². The molecule has 0 aromatic heterocycles. The van der Waals surface area contributed by atoms with E-state index >= 15 is 0 Å². The molecule has 2 bridgehead atoms. The van der Waals surface area contributed by atoms with Crippen LogP contribution < -0.4 is 0 Å². The summed E-state index contributed by atoms with van der Waals surface area (Å²) in [6.07, 6.45) is 5.20. The van der Waals surface area contributed by atoms with E-state index in [-0.39, 0.29) is 5.41 Å². The van der Waals surface area contributed by atoms with Crippen LogP contribution in [0.25, 0.3) is 0 Å². The van der Waals surface area contributed by atoms with Gasteiger partial charge in [-0.15, -0.1) is 0 Å². The average Bonchev–Trinajstić information content (AvgIpc) is 2.39. The maximum Gasteiger partial charge on any atom is 0.115 e. The second-order valence-corrected chi connectivity index (χ2v) is 7.22. The van der Waals surface area contributed by atoms with Crippen LogP contribution in [0, 0.1) is 11.8 Å². The Labute approximate surface area is 115 Å². The average molecular weight is 257 g/mol. The second-order valence-electron chi connectivity index (χ2n) is 7.22. The number of nitrogens with zero attached hydrogens (tertiary/aromatic N) is 1. The van der Waals surface area contributed by atoms with Crippen molar-refractivity contribution in [1.29, 1.82) is 0 Å². The van der Waals surface area contributed by atoms with Crippen LogP contribution in [0.1, 0.15) is 37.3 Å². The zero-order valence-electron chi connectivity index (χ0n) is 11.9. The van der Waals surface area contributed by atoms with Gasteiger partial charge >= 0.3 is 0 Å². The first-order valence-electron chi connectivity index (χ1n) is 7.60. The summed E-state index contributed by atoms with van der Waals surface area (Å²) in [6.45, 7) is 3.72. The predicted molar refractivity (Wildman–Crippen MR) is 76.4 cm³/mol. The molecule has 0 radical (unpaired) electrons. The molecule has 1 N–H and O–H groups in total. The van der Waals surface area contributed by atoms with Crippen molar-refractivity contribution in [2.24, 2.45) is 11.8 Å². The van der Waals surface area contributed by atoms with E-state index in [9.17, 15) is 5.11 Å². The lowest BCUT2D eigenvalue weighted by Crippen LogP contribution is -2.59. The van der Waals surface area contributed by atoms with Gasteiger partial charge in [-0.2, -0.15) is 0 Å². The fourth-order valence-electron chi connectivity index (χ4n) is 5.16. The van der Waals surface area contributed by atoms with E-state index in [1.807, 2.05) is 12.1 Å². The first-order valence-corrected chi connectivity index (χ1v) is 7.60. The van der Waals surface area contributed by atoms with Crippen LogP contribution in [0.3, 0.4) is 0 Å². The van der Waals surface area contributed by atoms with Crippen molar-refractivity contribution in [2.45, 2.75) is 44.1 Å². The lowest BCUT2D eigenvalue weighted by molar-refractivity contribution is -0.0142. The van der Waals surface area contributed by atoms with Gasteiger partial charge in [0.1, 0.15) is 5.75 Å². The number of phenolic OH excluding ortho intramolecular Hbond substituents is 1. The molecule has 2 nitrogen and oxygen atoms in total. The maximum atomic E-state index is 9.87. The molecule has 0 spiro atoms. The number of benzene rings is 1. The van der Waals surface area contributed by atoms with Crippen LogP contribution in [-0.2, 0) is 11.8 Å². The lowest BCUT2D eigenvalue weighted by atomic mass is 9.53. The maximum absolute atomic E-state index is 9.87. The molecule has 2 heteroatoms. The summed E-state index contributed by atoms with van der Waals surface area (Å²) in [5.74, 6) is 2.11. The van der Waals surface area contributed by atoms with E-state index in [0.717, 1.165) is 11.8 Å². The molecule has 0 amide bonds. The molecule has 102 valence electrons. The topological polar surface area (TPSA) is 23.5 Å². The van der Waals surface area contributed by atoms with Gasteiger partial charge in [0.2, 0.25) is 0 Å². The molecule has 1 heterocycles. The standard InChI is InChI=1S/C17H23NO/c1-17-6-5-11-7-15(17)16(18(2)10-11)8-12-3-4-13(19)9-14(12)17/h3-4,9,11,15-16,19H,5-8,10H2,1-2H3/t11?,15?,16?,17-/m0/s1. The van der Waals surface area contributed by atoms with Crippen LogP contribution in [-0.4, -0.2) is 29.6 Å². The third kappa shape index (κ3) is 1.53. The molecule has 4 rings (SSSR count). The molecule has 1 aliphatic heterocycles. The predicted octanol–water partition coefficient (Wildman–Crippen LogP) is 2.94. The van der Waals surface area contributed by atoms with Gasteiger partial charge in [-0.05, 0) is 73.2 Å².